The van der Waals surface area contributed by atoms with Crippen LogP contribution in [0.15, 0.2) is 64.0 Å². The fourth-order valence-corrected chi connectivity index (χ4v) is 3.43. The summed E-state index contributed by atoms with van der Waals surface area (Å²) in [6.45, 7) is 1.82. The van der Waals surface area contributed by atoms with Crippen molar-refractivity contribution in [1.82, 2.24) is 10.3 Å². The van der Waals surface area contributed by atoms with Crippen molar-refractivity contribution < 1.29 is 22.0 Å². The molecule has 0 aliphatic heterocycles. The Kier molecular flexibility index (Phi) is 6.12. The number of carbonyl (C=O) groups is 1. The van der Waals surface area contributed by atoms with E-state index < -0.39 is 9.84 Å². The van der Waals surface area contributed by atoms with Crippen molar-refractivity contribution in [1.29, 1.82) is 0 Å². The molecule has 1 unspecified atom stereocenters. The number of halogens is 1. The van der Waals surface area contributed by atoms with Gasteiger partial charge in [0.05, 0.1) is 17.1 Å². The lowest BCUT2D eigenvalue weighted by molar-refractivity contribution is -0.121. The van der Waals surface area contributed by atoms with Crippen molar-refractivity contribution in [2.75, 3.05) is 6.26 Å². The molecule has 0 aliphatic carbocycles. The number of aryl methyl sites for hydroxylation is 1. The molecular formula is C21H21FN2O4S. The summed E-state index contributed by atoms with van der Waals surface area (Å²) in [5.41, 5.74) is 1.52. The summed E-state index contributed by atoms with van der Waals surface area (Å²) in [5.74, 6) is 0.431. The van der Waals surface area contributed by atoms with Gasteiger partial charge in [-0.05, 0) is 48.9 Å². The van der Waals surface area contributed by atoms with Crippen LogP contribution in [-0.4, -0.2) is 25.6 Å². The molecule has 6 nitrogen and oxygen atoms in total. The third kappa shape index (κ3) is 5.51. The Morgan fingerprint density at radius 2 is 1.79 bits per heavy atom. The van der Waals surface area contributed by atoms with Crippen LogP contribution in [-0.2, 0) is 21.1 Å². The van der Waals surface area contributed by atoms with Crippen molar-refractivity contribution in [3.63, 3.8) is 0 Å². The second kappa shape index (κ2) is 8.57. The van der Waals surface area contributed by atoms with E-state index in [4.69, 9.17) is 4.42 Å². The minimum Gasteiger partial charge on any atom is -0.441 e. The molecule has 1 heterocycles. The molecule has 0 aliphatic rings. The highest BCUT2D eigenvalue weighted by molar-refractivity contribution is 7.90. The van der Waals surface area contributed by atoms with Crippen LogP contribution in [0.2, 0.25) is 0 Å². The van der Waals surface area contributed by atoms with Crippen LogP contribution in [0.25, 0.3) is 11.3 Å². The molecule has 1 N–H and O–H groups in total. The number of benzene rings is 2. The first-order valence-corrected chi connectivity index (χ1v) is 10.9. The molecule has 3 aromatic rings. The first kappa shape index (κ1) is 20.7. The largest absolute Gasteiger partial charge is 0.441 e. The number of aromatic nitrogens is 1. The summed E-state index contributed by atoms with van der Waals surface area (Å²) in [5, 5.41) is 2.87. The van der Waals surface area contributed by atoms with E-state index in [2.05, 4.69) is 10.3 Å². The van der Waals surface area contributed by atoms with Gasteiger partial charge in [0.1, 0.15) is 5.82 Å². The summed E-state index contributed by atoms with van der Waals surface area (Å²) in [6.07, 6.45) is 3.21. The lowest BCUT2D eigenvalue weighted by atomic mass is 10.1. The minimum absolute atomic E-state index is 0.175. The van der Waals surface area contributed by atoms with Crippen molar-refractivity contribution in [2.24, 2.45) is 0 Å². The number of amides is 1. The molecule has 0 spiro atoms. The maximum Gasteiger partial charge on any atom is 0.220 e. The Morgan fingerprint density at radius 1 is 1.14 bits per heavy atom. The molecule has 1 atom stereocenters. The molecule has 152 valence electrons. The molecule has 0 radical (unpaired) electrons. The zero-order valence-electron chi connectivity index (χ0n) is 16.1. The van der Waals surface area contributed by atoms with E-state index in [0.717, 1.165) is 11.8 Å². The van der Waals surface area contributed by atoms with Gasteiger partial charge in [-0.1, -0.05) is 12.1 Å². The third-order valence-corrected chi connectivity index (χ3v) is 5.56. The fourth-order valence-electron chi connectivity index (χ4n) is 2.79. The Morgan fingerprint density at radius 3 is 2.41 bits per heavy atom. The van der Waals surface area contributed by atoms with E-state index in [1.165, 1.54) is 24.3 Å². The highest BCUT2D eigenvalue weighted by Crippen LogP contribution is 2.21. The van der Waals surface area contributed by atoms with E-state index in [-0.39, 0.29) is 29.1 Å². The van der Waals surface area contributed by atoms with Gasteiger partial charge in [0.15, 0.2) is 21.5 Å². The van der Waals surface area contributed by atoms with Crippen LogP contribution in [0.1, 0.15) is 30.8 Å². The van der Waals surface area contributed by atoms with Gasteiger partial charge in [0.25, 0.3) is 0 Å². The molecule has 0 saturated carbocycles. The lowest BCUT2D eigenvalue weighted by Gasteiger charge is -2.14. The SMILES string of the molecule is CC(NC(=O)CCc1ncc(-c2ccc(F)cc2)o1)c1ccc(S(C)(=O)=O)cc1. The molecule has 2 aromatic carbocycles. The number of hydrogen-bond donors (Lipinski definition) is 1. The van der Waals surface area contributed by atoms with Crippen molar-refractivity contribution in [3.05, 3.63) is 72.0 Å². The first-order valence-electron chi connectivity index (χ1n) is 9.02. The Labute approximate surface area is 168 Å². The molecule has 1 amide bonds. The van der Waals surface area contributed by atoms with Gasteiger partial charge in [-0.25, -0.2) is 17.8 Å². The summed E-state index contributed by atoms with van der Waals surface area (Å²) in [6, 6.07) is 12.0. The molecule has 0 bridgehead atoms. The lowest BCUT2D eigenvalue weighted by Crippen LogP contribution is -2.26. The fraction of sp³-hybridized carbons (Fsp3) is 0.238. The van der Waals surface area contributed by atoms with Crippen molar-refractivity contribution in [3.8, 4) is 11.3 Å². The monoisotopic (exact) mass is 416 g/mol. The van der Waals surface area contributed by atoms with Crippen LogP contribution in [0, 0.1) is 5.82 Å². The summed E-state index contributed by atoms with van der Waals surface area (Å²) in [4.78, 5) is 16.6. The van der Waals surface area contributed by atoms with E-state index in [0.29, 0.717) is 23.6 Å². The van der Waals surface area contributed by atoms with Crippen LogP contribution in [0.4, 0.5) is 4.39 Å². The topological polar surface area (TPSA) is 89.3 Å². The quantitative estimate of drug-likeness (QED) is 0.634. The molecule has 0 fully saturated rings. The predicted octanol–water partition coefficient (Wildman–Crippen LogP) is 3.69. The maximum absolute atomic E-state index is 13.0. The van der Waals surface area contributed by atoms with Gasteiger partial charge in [0, 0.05) is 24.7 Å². The van der Waals surface area contributed by atoms with Gasteiger partial charge in [-0.15, -0.1) is 0 Å². The van der Waals surface area contributed by atoms with Gasteiger partial charge in [0.2, 0.25) is 5.91 Å². The summed E-state index contributed by atoms with van der Waals surface area (Å²) >= 11 is 0. The molecule has 1 aromatic heterocycles. The van der Waals surface area contributed by atoms with Gasteiger partial charge < -0.3 is 9.73 Å². The van der Waals surface area contributed by atoms with Crippen molar-refractivity contribution in [2.45, 2.75) is 30.7 Å². The van der Waals surface area contributed by atoms with Crippen LogP contribution < -0.4 is 5.32 Å². The van der Waals surface area contributed by atoms with E-state index in [1.54, 1.807) is 30.5 Å². The van der Waals surface area contributed by atoms with Crippen LogP contribution in [0.5, 0.6) is 0 Å². The predicted molar refractivity (Wildman–Crippen MR) is 106 cm³/mol. The van der Waals surface area contributed by atoms with Crippen LogP contribution >= 0.6 is 0 Å². The summed E-state index contributed by atoms with van der Waals surface area (Å²) < 4.78 is 41.7. The summed E-state index contributed by atoms with van der Waals surface area (Å²) in [7, 11) is -3.25. The average molecular weight is 416 g/mol. The van der Waals surface area contributed by atoms with Crippen LogP contribution in [0.3, 0.4) is 0 Å². The number of carbonyl (C=O) groups excluding carboxylic acids is 1. The Bertz CT molecular complexity index is 1090. The molecule has 0 saturated heterocycles. The van der Waals surface area contributed by atoms with Gasteiger partial charge >= 0.3 is 0 Å². The number of sulfone groups is 1. The highest BCUT2D eigenvalue weighted by atomic mass is 32.2. The van der Waals surface area contributed by atoms with Gasteiger partial charge in [-0.2, -0.15) is 0 Å². The molecule has 29 heavy (non-hydrogen) atoms. The number of nitrogens with zero attached hydrogens (tertiary/aromatic N) is 1. The average Bonchev–Trinajstić information content (AvgIpc) is 3.15. The zero-order valence-corrected chi connectivity index (χ0v) is 16.9. The maximum atomic E-state index is 13.0. The number of nitrogens with one attached hydrogen (secondary N) is 1. The normalized spacial score (nSPS) is 12.5. The van der Waals surface area contributed by atoms with Crippen molar-refractivity contribution >= 4 is 15.7 Å². The van der Waals surface area contributed by atoms with E-state index in [9.17, 15) is 17.6 Å². The smallest absolute Gasteiger partial charge is 0.220 e. The number of oxazole rings is 1. The molecule has 3 rings (SSSR count). The standard InChI is InChI=1S/C21H21FN2O4S/c1-14(15-5-9-18(10-6-15)29(2,26)27)24-20(25)11-12-21-23-13-19(28-21)16-3-7-17(22)8-4-16/h3-10,13-14H,11-12H2,1-2H3,(H,24,25). The second-order valence-corrected chi connectivity index (χ2v) is 8.77. The van der Waals surface area contributed by atoms with E-state index in [1.807, 2.05) is 6.92 Å². The molecular weight excluding hydrogens is 395 g/mol. The van der Waals surface area contributed by atoms with E-state index >= 15 is 0 Å². The first-order chi connectivity index (χ1) is 13.7. The Hall–Kier alpha value is -3.00. The minimum atomic E-state index is -3.25. The third-order valence-electron chi connectivity index (χ3n) is 4.43. The second-order valence-electron chi connectivity index (χ2n) is 6.76. The highest BCUT2D eigenvalue weighted by Gasteiger charge is 2.13. The Balaban J connectivity index is 1.54. The number of rotatable bonds is 7. The number of hydrogen-bond acceptors (Lipinski definition) is 5. The molecule has 8 heteroatoms. The van der Waals surface area contributed by atoms with Gasteiger partial charge in [-0.3, -0.25) is 4.79 Å². The zero-order chi connectivity index (χ0) is 21.0.